The summed E-state index contributed by atoms with van der Waals surface area (Å²) in [4.78, 5) is 12.5. The molecule has 5 nitrogen and oxygen atoms in total. The third-order valence-electron chi connectivity index (χ3n) is 4.28. The predicted octanol–water partition coefficient (Wildman–Crippen LogP) is 5.76. The van der Waals surface area contributed by atoms with E-state index in [4.69, 9.17) is 11.6 Å². The highest BCUT2D eigenvalue weighted by Crippen LogP contribution is 2.35. The number of anilines is 1. The molecule has 0 aliphatic rings. The van der Waals surface area contributed by atoms with E-state index in [2.05, 4.69) is 15.5 Å². The van der Waals surface area contributed by atoms with Gasteiger partial charge in [-0.3, -0.25) is 4.79 Å². The third-order valence-corrected chi connectivity index (χ3v) is 5.61. The Bertz CT molecular complexity index is 1040. The summed E-state index contributed by atoms with van der Waals surface area (Å²) in [5, 5.41) is 11.1. The maximum absolute atomic E-state index is 13.1. The molecule has 0 saturated heterocycles. The Morgan fingerprint density at radius 2 is 1.83 bits per heavy atom. The number of amides is 1. The molecular weight excluding hydrogens is 437 g/mol. The van der Waals surface area contributed by atoms with Gasteiger partial charge in [0.05, 0.1) is 16.5 Å². The van der Waals surface area contributed by atoms with Crippen molar-refractivity contribution >= 4 is 35.0 Å². The lowest BCUT2D eigenvalue weighted by Gasteiger charge is -2.16. The second-order valence-corrected chi connectivity index (χ2v) is 8.09. The molecule has 3 aromatic rings. The van der Waals surface area contributed by atoms with Crippen LogP contribution in [0, 0.1) is 0 Å². The maximum atomic E-state index is 13.1. The van der Waals surface area contributed by atoms with Gasteiger partial charge < -0.3 is 9.88 Å². The Balaban J connectivity index is 1.77. The van der Waals surface area contributed by atoms with Crippen LogP contribution in [0.5, 0.6) is 0 Å². The molecule has 0 radical (unpaired) electrons. The Morgan fingerprint density at radius 1 is 1.17 bits per heavy atom. The Morgan fingerprint density at radius 3 is 2.47 bits per heavy atom. The van der Waals surface area contributed by atoms with Gasteiger partial charge >= 0.3 is 6.18 Å². The van der Waals surface area contributed by atoms with Crippen molar-refractivity contribution in [3.8, 4) is 11.4 Å². The quantitative estimate of drug-likeness (QED) is 0.481. The van der Waals surface area contributed by atoms with Crippen LogP contribution in [-0.2, 0) is 17.5 Å². The number of para-hydroxylation sites is 1. The number of nitrogens with zero attached hydrogens (tertiary/aromatic N) is 3. The summed E-state index contributed by atoms with van der Waals surface area (Å²) in [7, 11) is 0. The molecule has 1 aromatic heterocycles. The van der Waals surface area contributed by atoms with E-state index < -0.39 is 22.9 Å². The average molecular weight is 455 g/mol. The van der Waals surface area contributed by atoms with Crippen LogP contribution in [0.2, 0.25) is 5.02 Å². The molecule has 1 unspecified atom stereocenters. The molecule has 1 atom stereocenters. The second kappa shape index (κ2) is 9.09. The third kappa shape index (κ3) is 4.96. The van der Waals surface area contributed by atoms with Gasteiger partial charge in [0.2, 0.25) is 5.91 Å². The van der Waals surface area contributed by atoms with E-state index in [-0.39, 0.29) is 5.69 Å². The summed E-state index contributed by atoms with van der Waals surface area (Å²) >= 11 is 7.05. The minimum Gasteiger partial charge on any atom is -0.325 e. The molecule has 0 aliphatic heterocycles. The first-order valence-electron chi connectivity index (χ1n) is 9.03. The average Bonchev–Trinajstić information content (AvgIpc) is 3.10. The topological polar surface area (TPSA) is 59.8 Å². The molecule has 0 spiro atoms. The zero-order valence-electron chi connectivity index (χ0n) is 16.1. The molecule has 0 bridgehead atoms. The summed E-state index contributed by atoms with van der Waals surface area (Å²) in [6.07, 6.45) is -4.56. The van der Waals surface area contributed by atoms with Crippen molar-refractivity contribution in [3.63, 3.8) is 0 Å². The van der Waals surface area contributed by atoms with Crippen molar-refractivity contribution in [1.29, 1.82) is 0 Å². The zero-order valence-corrected chi connectivity index (χ0v) is 17.6. The monoisotopic (exact) mass is 454 g/mol. The highest BCUT2D eigenvalue weighted by atomic mass is 35.5. The van der Waals surface area contributed by atoms with Crippen LogP contribution in [0.3, 0.4) is 0 Å². The molecular formula is C20H18ClF3N4OS. The number of carbonyl (C=O) groups excluding carboxylic acids is 1. The number of rotatable bonds is 6. The minimum atomic E-state index is -4.56. The van der Waals surface area contributed by atoms with Gasteiger partial charge in [0.25, 0.3) is 0 Å². The van der Waals surface area contributed by atoms with Crippen molar-refractivity contribution in [1.82, 2.24) is 14.8 Å². The molecule has 0 aliphatic carbocycles. The number of hydrogen-bond donors (Lipinski definition) is 1. The molecule has 0 fully saturated rings. The van der Waals surface area contributed by atoms with Crippen molar-refractivity contribution in [2.75, 3.05) is 5.32 Å². The van der Waals surface area contributed by atoms with Crippen molar-refractivity contribution in [3.05, 3.63) is 59.1 Å². The lowest BCUT2D eigenvalue weighted by molar-refractivity contribution is -0.137. The Labute approximate surface area is 180 Å². The number of thioether (sulfide) groups is 1. The van der Waals surface area contributed by atoms with Gasteiger partial charge in [0.15, 0.2) is 11.0 Å². The van der Waals surface area contributed by atoms with Crippen molar-refractivity contribution in [2.45, 2.75) is 37.0 Å². The molecule has 1 heterocycles. The molecule has 2 aromatic carbocycles. The van der Waals surface area contributed by atoms with Gasteiger partial charge in [0.1, 0.15) is 0 Å². The van der Waals surface area contributed by atoms with E-state index in [0.717, 1.165) is 23.4 Å². The summed E-state index contributed by atoms with van der Waals surface area (Å²) < 4.78 is 41.3. The Hall–Kier alpha value is -2.52. The maximum Gasteiger partial charge on any atom is 0.418 e. The number of carbonyl (C=O) groups is 1. The second-order valence-electron chi connectivity index (χ2n) is 6.35. The van der Waals surface area contributed by atoms with Crippen LogP contribution in [0.1, 0.15) is 19.4 Å². The Kier molecular flexibility index (Phi) is 6.72. The van der Waals surface area contributed by atoms with Crippen LogP contribution < -0.4 is 5.32 Å². The fraction of sp³-hybridized carbons (Fsp3) is 0.250. The van der Waals surface area contributed by atoms with Crippen molar-refractivity contribution < 1.29 is 18.0 Å². The van der Waals surface area contributed by atoms with E-state index in [0.29, 0.717) is 22.5 Å². The number of hydrogen-bond acceptors (Lipinski definition) is 4. The summed E-state index contributed by atoms with van der Waals surface area (Å²) in [5.41, 5.74) is -0.352. The van der Waals surface area contributed by atoms with Crippen molar-refractivity contribution in [2.24, 2.45) is 0 Å². The first-order valence-corrected chi connectivity index (χ1v) is 10.3. The smallest absolute Gasteiger partial charge is 0.325 e. The SMILES string of the molecule is CCn1c(SC(C)C(=O)Nc2ccccc2C(F)(F)F)nnc1-c1ccc(Cl)cc1. The number of alkyl halides is 3. The molecule has 3 rings (SSSR count). The molecule has 0 saturated carbocycles. The van der Waals surface area contributed by atoms with Crippen LogP contribution in [-0.4, -0.2) is 25.9 Å². The molecule has 1 N–H and O–H groups in total. The zero-order chi connectivity index (χ0) is 21.9. The number of halogens is 4. The van der Waals surface area contributed by atoms with Crippen LogP contribution in [0.25, 0.3) is 11.4 Å². The lowest BCUT2D eigenvalue weighted by Crippen LogP contribution is -2.24. The largest absolute Gasteiger partial charge is 0.418 e. The van der Waals surface area contributed by atoms with Gasteiger partial charge in [-0.1, -0.05) is 35.5 Å². The van der Waals surface area contributed by atoms with Gasteiger partial charge in [0, 0.05) is 17.1 Å². The number of benzene rings is 2. The molecule has 10 heteroatoms. The predicted molar refractivity (Wildman–Crippen MR) is 112 cm³/mol. The van der Waals surface area contributed by atoms with Gasteiger partial charge in [-0.15, -0.1) is 10.2 Å². The van der Waals surface area contributed by atoms with Gasteiger partial charge in [-0.2, -0.15) is 13.2 Å². The first kappa shape index (κ1) is 22.2. The molecule has 158 valence electrons. The number of nitrogens with one attached hydrogen (secondary N) is 1. The fourth-order valence-electron chi connectivity index (χ4n) is 2.76. The summed E-state index contributed by atoms with van der Waals surface area (Å²) in [6, 6.07) is 12.0. The molecule has 1 amide bonds. The van der Waals surface area contributed by atoms with Gasteiger partial charge in [-0.05, 0) is 50.2 Å². The highest BCUT2D eigenvalue weighted by molar-refractivity contribution is 8.00. The summed E-state index contributed by atoms with van der Waals surface area (Å²) in [5.74, 6) is 0.0575. The van der Waals surface area contributed by atoms with E-state index in [1.165, 1.54) is 18.2 Å². The number of aromatic nitrogens is 3. The minimum absolute atomic E-state index is 0.277. The van der Waals surface area contributed by atoms with Crippen LogP contribution >= 0.6 is 23.4 Å². The van der Waals surface area contributed by atoms with Gasteiger partial charge in [-0.25, -0.2) is 0 Å². The lowest BCUT2D eigenvalue weighted by atomic mass is 10.1. The summed E-state index contributed by atoms with van der Waals surface area (Å²) in [6.45, 7) is 4.07. The van der Waals surface area contributed by atoms with E-state index in [1.54, 1.807) is 19.1 Å². The standard InChI is InChI=1S/C20H18ClF3N4OS/c1-3-28-17(13-8-10-14(21)11-9-13)26-27-19(28)30-12(2)18(29)25-16-7-5-4-6-15(16)20(22,23)24/h4-12H,3H2,1-2H3,(H,25,29). The van der Waals surface area contributed by atoms with E-state index in [1.807, 2.05) is 23.6 Å². The van der Waals surface area contributed by atoms with E-state index >= 15 is 0 Å². The van der Waals surface area contributed by atoms with Crippen LogP contribution in [0.4, 0.5) is 18.9 Å². The highest BCUT2D eigenvalue weighted by Gasteiger charge is 2.34. The van der Waals surface area contributed by atoms with Crippen LogP contribution in [0.15, 0.2) is 53.7 Å². The van der Waals surface area contributed by atoms with E-state index in [9.17, 15) is 18.0 Å². The first-order chi connectivity index (χ1) is 14.2. The normalized spacial score (nSPS) is 12.6. The fourth-order valence-corrected chi connectivity index (χ4v) is 3.80. The molecule has 30 heavy (non-hydrogen) atoms.